The SMILES string of the molecule is N#CC(C#N)=C1C=C(/C=C/c2cc3c4c(c2)CCCN4CCC3)OC(c2ccccc2)=C1. The maximum atomic E-state index is 9.37. The van der Waals surface area contributed by atoms with E-state index in [2.05, 4.69) is 23.1 Å². The molecule has 0 unspecified atom stereocenters. The number of rotatable bonds is 3. The summed E-state index contributed by atoms with van der Waals surface area (Å²) >= 11 is 0. The van der Waals surface area contributed by atoms with Crippen LogP contribution in [0.1, 0.15) is 35.1 Å². The van der Waals surface area contributed by atoms with Gasteiger partial charge in [-0.05, 0) is 72.7 Å². The maximum Gasteiger partial charge on any atom is 0.137 e. The number of aryl methyl sites for hydroxylation is 2. The molecule has 3 heterocycles. The Kier molecular flexibility index (Phi) is 5.36. The number of benzene rings is 2. The first-order valence-corrected chi connectivity index (χ1v) is 11.0. The number of allylic oxidation sites excluding steroid dienone is 5. The smallest absolute Gasteiger partial charge is 0.137 e. The number of nitrogens with zero attached hydrogens (tertiary/aromatic N) is 3. The highest BCUT2D eigenvalue weighted by atomic mass is 16.5. The van der Waals surface area contributed by atoms with E-state index in [9.17, 15) is 10.5 Å². The minimum Gasteiger partial charge on any atom is -0.457 e. The molecule has 0 fully saturated rings. The van der Waals surface area contributed by atoms with Gasteiger partial charge in [0.15, 0.2) is 0 Å². The fourth-order valence-electron chi connectivity index (χ4n) is 4.75. The summed E-state index contributed by atoms with van der Waals surface area (Å²) in [6, 6.07) is 18.3. The monoisotopic (exact) mass is 417 g/mol. The van der Waals surface area contributed by atoms with E-state index < -0.39 is 0 Å². The third kappa shape index (κ3) is 3.84. The van der Waals surface area contributed by atoms with Crippen molar-refractivity contribution < 1.29 is 4.74 Å². The maximum absolute atomic E-state index is 9.37. The van der Waals surface area contributed by atoms with E-state index in [4.69, 9.17) is 4.74 Å². The van der Waals surface area contributed by atoms with Gasteiger partial charge in [0.25, 0.3) is 0 Å². The standard InChI is InChI=1S/C28H23N3O/c29-18-25(19-30)24-16-26(32-27(17-24)21-6-2-1-3-7-21)11-10-20-14-22-8-4-12-31-13-5-9-23(15-20)28(22)31/h1-3,6-7,10-11,14-17H,4-5,8-9,12-13H2/b11-10+. The molecular weight excluding hydrogens is 394 g/mol. The molecule has 0 saturated heterocycles. The molecule has 2 aromatic rings. The first-order chi connectivity index (χ1) is 15.7. The Morgan fingerprint density at radius 2 is 1.59 bits per heavy atom. The molecule has 156 valence electrons. The predicted octanol–water partition coefficient (Wildman–Crippen LogP) is 5.70. The van der Waals surface area contributed by atoms with E-state index in [0.29, 0.717) is 17.1 Å². The summed E-state index contributed by atoms with van der Waals surface area (Å²) in [5.74, 6) is 1.24. The van der Waals surface area contributed by atoms with Crippen LogP contribution in [0.15, 0.2) is 77.6 Å². The zero-order chi connectivity index (χ0) is 21.9. The zero-order valence-corrected chi connectivity index (χ0v) is 17.8. The lowest BCUT2D eigenvalue weighted by Gasteiger charge is -2.37. The molecule has 0 radical (unpaired) electrons. The van der Waals surface area contributed by atoms with Crippen molar-refractivity contribution in [3.8, 4) is 12.1 Å². The van der Waals surface area contributed by atoms with Gasteiger partial charge in [-0.15, -0.1) is 0 Å². The molecule has 4 heteroatoms. The Morgan fingerprint density at radius 1 is 0.906 bits per heavy atom. The first-order valence-electron chi connectivity index (χ1n) is 11.0. The summed E-state index contributed by atoms with van der Waals surface area (Å²) in [7, 11) is 0. The van der Waals surface area contributed by atoms with Crippen molar-refractivity contribution in [1.29, 1.82) is 10.5 Å². The number of hydrogen-bond donors (Lipinski definition) is 0. The van der Waals surface area contributed by atoms with Crippen LogP contribution in [0.2, 0.25) is 0 Å². The minimum atomic E-state index is 0.0749. The highest BCUT2D eigenvalue weighted by Gasteiger charge is 2.24. The van der Waals surface area contributed by atoms with Crippen LogP contribution in [0.4, 0.5) is 5.69 Å². The largest absolute Gasteiger partial charge is 0.457 e. The van der Waals surface area contributed by atoms with Crippen LogP contribution >= 0.6 is 0 Å². The van der Waals surface area contributed by atoms with Gasteiger partial charge in [-0.3, -0.25) is 0 Å². The Bertz CT molecular complexity index is 1220. The van der Waals surface area contributed by atoms with Crippen molar-refractivity contribution in [3.63, 3.8) is 0 Å². The van der Waals surface area contributed by atoms with Gasteiger partial charge in [-0.25, -0.2) is 0 Å². The predicted molar refractivity (Wildman–Crippen MR) is 126 cm³/mol. The normalized spacial score (nSPS) is 16.9. The number of hydrogen-bond acceptors (Lipinski definition) is 4. The van der Waals surface area contributed by atoms with Crippen molar-refractivity contribution in [1.82, 2.24) is 0 Å². The topological polar surface area (TPSA) is 60.0 Å². The molecule has 0 aromatic heterocycles. The van der Waals surface area contributed by atoms with E-state index >= 15 is 0 Å². The van der Waals surface area contributed by atoms with E-state index in [0.717, 1.165) is 24.0 Å². The zero-order valence-electron chi connectivity index (χ0n) is 17.8. The van der Waals surface area contributed by atoms with E-state index in [1.165, 1.54) is 42.7 Å². The van der Waals surface area contributed by atoms with Gasteiger partial charge >= 0.3 is 0 Å². The molecule has 3 aliphatic rings. The van der Waals surface area contributed by atoms with Crippen LogP contribution in [0.5, 0.6) is 0 Å². The van der Waals surface area contributed by atoms with Crippen LogP contribution in [0.3, 0.4) is 0 Å². The minimum absolute atomic E-state index is 0.0749. The van der Waals surface area contributed by atoms with E-state index in [1.807, 2.05) is 48.5 Å². The van der Waals surface area contributed by atoms with Crippen LogP contribution in [-0.4, -0.2) is 13.1 Å². The summed E-state index contributed by atoms with van der Waals surface area (Å²) < 4.78 is 6.14. The van der Waals surface area contributed by atoms with E-state index in [-0.39, 0.29) is 5.57 Å². The highest BCUT2D eigenvalue weighted by Crippen LogP contribution is 2.36. The fraction of sp³-hybridized carbons (Fsp3) is 0.214. The first kappa shape index (κ1) is 19.9. The molecule has 0 bridgehead atoms. The molecule has 32 heavy (non-hydrogen) atoms. The molecule has 2 aromatic carbocycles. The van der Waals surface area contributed by atoms with Gasteiger partial charge in [0.1, 0.15) is 29.2 Å². The second kappa shape index (κ2) is 8.61. The number of anilines is 1. The van der Waals surface area contributed by atoms with Crippen LogP contribution in [-0.2, 0) is 17.6 Å². The lowest BCUT2D eigenvalue weighted by molar-refractivity contribution is 0.396. The summed E-state index contributed by atoms with van der Waals surface area (Å²) in [6.07, 6.45) is 12.2. The van der Waals surface area contributed by atoms with Crippen molar-refractivity contribution >= 4 is 17.5 Å². The Balaban J connectivity index is 1.49. The van der Waals surface area contributed by atoms with Gasteiger partial charge < -0.3 is 9.64 Å². The van der Waals surface area contributed by atoms with Gasteiger partial charge in [-0.2, -0.15) is 10.5 Å². The lowest BCUT2D eigenvalue weighted by atomic mass is 9.90. The molecule has 0 amide bonds. The molecular formula is C28H23N3O. The Hall–Kier alpha value is -4.02. The quantitative estimate of drug-likeness (QED) is 0.601. The molecule has 0 saturated carbocycles. The Labute approximate surface area is 188 Å². The highest BCUT2D eigenvalue weighted by molar-refractivity contribution is 5.72. The third-order valence-corrected chi connectivity index (χ3v) is 6.18. The number of ether oxygens (including phenoxy) is 1. The second-order valence-electron chi connectivity index (χ2n) is 8.29. The average Bonchev–Trinajstić information content (AvgIpc) is 2.84. The van der Waals surface area contributed by atoms with Crippen LogP contribution < -0.4 is 4.90 Å². The van der Waals surface area contributed by atoms with Crippen molar-refractivity contribution in [3.05, 3.63) is 99.9 Å². The van der Waals surface area contributed by atoms with Crippen molar-refractivity contribution in [2.75, 3.05) is 18.0 Å². The van der Waals surface area contributed by atoms with Gasteiger partial charge in [0, 0.05) is 29.9 Å². The molecule has 0 N–H and O–H groups in total. The molecule has 3 aliphatic heterocycles. The van der Waals surface area contributed by atoms with Crippen LogP contribution in [0, 0.1) is 22.7 Å². The number of nitriles is 2. The van der Waals surface area contributed by atoms with Gasteiger partial charge in [0.2, 0.25) is 0 Å². The summed E-state index contributed by atoms with van der Waals surface area (Å²) in [5, 5.41) is 18.7. The van der Waals surface area contributed by atoms with E-state index in [1.54, 1.807) is 12.2 Å². The second-order valence-corrected chi connectivity index (χ2v) is 8.29. The molecule has 0 atom stereocenters. The van der Waals surface area contributed by atoms with Crippen molar-refractivity contribution in [2.24, 2.45) is 0 Å². The summed E-state index contributed by atoms with van der Waals surface area (Å²) in [5.41, 5.74) is 7.04. The summed E-state index contributed by atoms with van der Waals surface area (Å²) in [4.78, 5) is 2.54. The van der Waals surface area contributed by atoms with Crippen LogP contribution in [0.25, 0.3) is 11.8 Å². The van der Waals surface area contributed by atoms with Crippen molar-refractivity contribution in [2.45, 2.75) is 25.7 Å². The lowest BCUT2D eigenvalue weighted by Crippen LogP contribution is -2.34. The van der Waals surface area contributed by atoms with Gasteiger partial charge in [-0.1, -0.05) is 36.4 Å². The van der Waals surface area contributed by atoms with Gasteiger partial charge in [0.05, 0.1) is 0 Å². The average molecular weight is 418 g/mol. The molecule has 0 aliphatic carbocycles. The third-order valence-electron chi connectivity index (χ3n) is 6.18. The Morgan fingerprint density at radius 3 is 2.25 bits per heavy atom. The molecule has 0 spiro atoms. The fourth-order valence-corrected chi connectivity index (χ4v) is 4.75. The summed E-state index contributed by atoms with van der Waals surface area (Å²) in [6.45, 7) is 2.33. The molecule has 4 nitrogen and oxygen atoms in total. The molecule has 5 rings (SSSR count).